The van der Waals surface area contributed by atoms with Gasteiger partial charge >= 0.3 is 12.0 Å². The van der Waals surface area contributed by atoms with Gasteiger partial charge in [-0.25, -0.2) is 4.79 Å². The van der Waals surface area contributed by atoms with Gasteiger partial charge in [-0.05, 0) is 25.7 Å². The number of carbonyl (C=O) groups is 2. The summed E-state index contributed by atoms with van der Waals surface area (Å²) in [5.41, 5.74) is 0. The highest BCUT2D eigenvalue weighted by Crippen LogP contribution is 2.25. The molecule has 17 heavy (non-hydrogen) atoms. The molecule has 0 aromatic rings. The third-order valence-electron chi connectivity index (χ3n) is 3.02. The van der Waals surface area contributed by atoms with Crippen molar-refractivity contribution < 1.29 is 19.8 Å². The summed E-state index contributed by atoms with van der Waals surface area (Å²) in [7, 11) is 1.49. The van der Waals surface area contributed by atoms with E-state index in [0.29, 0.717) is 13.0 Å². The predicted octanol–water partition coefficient (Wildman–Crippen LogP) is 0.360. The molecule has 0 aliphatic heterocycles. The van der Waals surface area contributed by atoms with Gasteiger partial charge in [0, 0.05) is 26.2 Å². The van der Waals surface area contributed by atoms with Gasteiger partial charge in [-0.15, -0.1) is 0 Å². The first-order valence-corrected chi connectivity index (χ1v) is 5.90. The van der Waals surface area contributed by atoms with Crippen LogP contribution < -0.4 is 0 Å². The van der Waals surface area contributed by atoms with Crippen LogP contribution >= 0.6 is 0 Å². The number of likely N-dealkylation sites (N-methyl/N-ethyl adjacent to an activating group) is 1. The molecule has 6 heteroatoms. The first-order chi connectivity index (χ1) is 8.06. The molecule has 0 atom stereocenters. The number of aliphatic hydroxyl groups excluding tert-OH is 1. The lowest BCUT2D eigenvalue weighted by atomic mass is 9.91. The van der Waals surface area contributed by atoms with Crippen molar-refractivity contribution in [2.75, 3.05) is 26.7 Å². The molecule has 1 aliphatic carbocycles. The molecule has 0 unspecified atom stereocenters. The van der Waals surface area contributed by atoms with E-state index >= 15 is 0 Å². The number of carboxylic acids is 1. The number of aliphatic carboxylic acids is 1. The van der Waals surface area contributed by atoms with Crippen LogP contribution in [0, 0.1) is 0 Å². The maximum absolute atomic E-state index is 12.0. The Balaban J connectivity index is 2.54. The fraction of sp³-hybridized carbons (Fsp3) is 0.818. The van der Waals surface area contributed by atoms with Gasteiger partial charge in [0.25, 0.3) is 0 Å². The molecule has 0 aromatic heterocycles. The Morgan fingerprint density at radius 2 is 2.00 bits per heavy atom. The number of rotatable bonds is 6. The van der Waals surface area contributed by atoms with Crippen LogP contribution in [0.25, 0.3) is 0 Å². The molecule has 0 radical (unpaired) electrons. The number of hydrogen-bond donors (Lipinski definition) is 2. The molecule has 0 aromatic carbocycles. The normalized spacial score (nSPS) is 15.2. The summed E-state index contributed by atoms with van der Waals surface area (Å²) in [6, 6.07) is -0.0455. The first kappa shape index (κ1) is 13.8. The minimum atomic E-state index is -1.02. The number of carboxylic acid groups (broad SMARTS) is 1. The fourth-order valence-corrected chi connectivity index (χ4v) is 1.86. The van der Waals surface area contributed by atoms with Crippen LogP contribution in [0.5, 0.6) is 0 Å². The maximum atomic E-state index is 12.0. The van der Waals surface area contributed by atoms with Gasteiger partial charge < -0.3 is 20.0 Å². The van der Waals surface area contributed by atoms with Crippen molar-refractivity contribution in [3.63, 3.8) is 0 Å². The predicted molar refractivity (Wildman–Crippen MR) is 61.7 cm³/mol. The van der Waals surface area contributed by atoms with E-state index in [4.69, 9.17) is 10.2 Å². The zero-order valence-corrected chi connectivity index (χ0v) is 10.1. The number of nitrogens with zero attached hydrogens (tertiary/aromatic N) is 2. The first-order valence-electron chi connectivity index (χ1n) is 5.90. The largest absolute Gasteiger partial charge is 0.480 e. The van der Waals surface area contributed by atoms with Crippen LogP contribution in [0.1, 0.15) is 25.7 Å². The van der Waals surface area contributed by atoms with Gasteiger partial charge in [-0.2, -0.15) is 0 Å². The second-order valence-electron chi connectivity index (χ2n) is 4.39. The lowest BCUT2D eigenvalue weighted by Crippen LogP contribution is -2.50. The number of hydrogen-bond acceptors (Lipinski definition) is 3. The summed E-state index contributed by atoms with van der Waals surface area (Å²) >= 11 is 0. The number of carbonyl (C=O) groups excluding carboxylic acids is 1. The molecular formula is C11H20N2O4. The summed E-state index contributed by atoms with van der Waals surface area (Å²) in [4.78, 5) is 25.5. The second-order valence-corrected chi connectivity index (χ2v) is 4.39. The molecule has 2 N–H and O–H groups in total. The fourth-order valence-electron chi connectivity index (χ4n) is 1.86. The summed E-state index contributed by atoms with van der Waals surface area (Å²) in [6.45, 7) is 0.240. The van der Waals surface area contributed by atoms with Crippen LogP contribution in [0.15, 0.2) is 0 Å². The number of aliphatic hydroxyl groups is 1. The van der Waals surface area contributed by atoms with Crippen molar-refractivity contribution in [3.8, 4) is 0 Å². The van der Waals surface area contributed by atoms with Gasteiger partial charge in [-0.1, -0.05) is 0 Å². The smallest absolute Gasteiger partial charge is 0.323 e. The van der Waals surface area contributed by atoms with E-state index in [2.05, 4.69) is 0 Å². The van der Waals surface area contributed by atoms with Crippen molar-refractivity contribution in [2.45, 2.75) is 31.7 Å². The Morgan fingerprint density at radius 3 is 2.41 bits per heavy atom. The van der Waals surface area contributed by atoms with Crippen molar-refractivity contribution in [3.05, 3.63) is 0 Å². The standard InChI is InChI=1S/C11H20N2O4/c1-12(8-10(15)16)11(17)13(6-3-7-14)9-4-2-5-9/h9,14H,2-8H2,1H3,(H,15,16). The van der Waals surface area contributed by atoms with Crippen molar-refractivity contribution in [1.82, 2.24) is 9.80 Å². The van der Waals surface area contributed by atoms with Crippen LogP contribution in [0.2, 0.25) is 0 Å². The molecule has 0 spiro atoms. The van der Waals surface area contributed by atoms with E-state index in [-0.39, 0.29) is 25.2 Å². The molecule has 1 aliphatic rings. The molecule has 1 saturated carbocycles. The second kappa shape index (κ2) is 6.44. The quantitative estimate of drug-likeness (QED) is 0.707. The SMILES string of the molecule is CN(CC(=O)O)C(=O)N(CCCO)C1CCC1. The molecule has 0 bridgehead atoms. The number of urea groups is 1. The molecule has 1 fully saturated rings. The van der Waals surface area contributed by atoms with Gasteiger partial charge in [0.2, 0.25) is 0 Å². The van der Waals surface area contributed by atoms with E-state index in [1.54, 1.807) is 4.90 Å². The minimum absolute atomic E-state index is 0.0408. The lowest BCUT2D eigenvalue weighted by molar-refractivity contribution is -0.137. The van der Waals surface area contributed by atoms with Crippen molar-refractivity contribution in [1.29, 1.82) is 0 Å². The Morgan fingerprint density at radius 1 is 1.35 bits per heavy atom. The Bertz CT molecular complexity index is 279. The van der Waals surface area contributed by atoms with Crippen molar-refractivity contribution >= 4 is 12.0 Å². The Kier molecular flexibility index (Phi) is 5.21. The summed E-state index contributed by atoms with van der Waals surface area (Å²) in [6.07, 6.45) is 3.58. The highest BCUT2D eigenvalue weighted by atomic mass is 16.4. The maximum Gasteiger partial charge on any atom is 0.323 e. The third-order valence-corrected chi connectivity index (χ3v) is 3.02. The van der Waals surface area contributed by atoms with Gasteiger partial charge in [0.15, 0.2) is 0 Å². The van der Waals surface area contributed by atoms with Gasteiger partial charge in [-0.3, -0.25) is 4.79 Å². The van der Waals surface area contributed by atoms with E-state index < -0.39 is 5.97 Å². The van der Waals surface area contributed by atoms with E-state index in [1.807, 2.05) is 0 Å². The molecule has 0 saturated heterocycles. The third kappa shape index (κ3) is 3.89. The van der Waals surface area contributed by atoms with E-state index in [1.165, 1.54) is 11.9 Å². The molecule has 0 heterocycles. The van der Waals surface area contributed by atoms with Gasteiger partial charge in [0.05, 0.1) is 0 Å². The topological polar surface area (TPSA) is 81.1 Å². The highest BCUT2D eigenvalue weighted by Gasteiger charge is 2.30. The minimum Gasteiger partial charge on any atom is -0.480 e. The summed E-state index contributed by atoms with van der Waals surface area (Å²) in [5, 5.41) is 17.5. The monoisotopic (exact) mass is 244 g/mol. The van der Waals surface area contributed by atoms with Crippen LogP contribution in [0.3, 0.4) is 0 Å². The summed E-state index contributed by atoms with van der Waals surface area (Å²) in [5.74, 6) is -1.02. The molecule has 6 nitrogen and oxygen atoms in total. The van der Waals surface area contributed by atoms with Gasteiger partial charge in [0.1, 0.15) is 6.54 Å². The van der Waals surface area contributed by atoms with E-state index in [9.17, 15) is 9.59 Å². The van der Waals surface area contributed by atoms with Crippen molar-refractivity contribution in [2.24, 2.45) is 0 Å². The Hall–Kier alpha value is -1.30. The average Bonchev–Trinajstić information content (AvgIpc) is 2.19. The van der Waals surface area contributed by atoms with Crippen LogP contribution in [0.4, 0.5) is 4.79 Å². The molecule has 1 rings (SSSR count). The zero-order chi connectivity index (χ0) is 12.8. The molecular weight excluding hydrogens is 224 g/mol. The van der Waals surface area contributed by atoms with E-state index in [0.717, 1.165) is 19.3 Å². The summed E-state index contributed by atoms with van der Waals surface area (Å²) < 4.78 is 0. The molecule has 2 amide bonds. The highest BCUT2D eigenvalue weighted by molar-refractivity contribution is 5.80. The average molecular weight is 244 g/mol. The zero-order valence-electron chi connectivity index (χ0n) is 10.1. The Labute approximate surface area is 101 Å². The number of amides is 2. The van der Waals surface area contributed by atoms with Crippen LogP contribution in [-0.4, -0.2) is 64.8 Å². The van der Waals surface area contributed by atoms with Crippen LogP contribution in [-0.2, 0) is 4.79 Å². The lowest BCUT2D eigenvalue weighted by Gasteiger charge is -2.39. The molecule has 98 valence electrons.